The van der Waals surface area contributed by atoms with Gasteiger partial charge in [-0.2, -0.15) is 0 Å². The quantitative estimate of drug-likeness (QED) is 0.0601. The molecule has 0 amide bonds. The van der Waals surface area contributed by atoms with Crippen LogP contribution in [0.2, 0.25) is 0 Å². The number of carbonyl (C=O) groups excluding carboxylic acids is 2. The van der Waals surface area contributed by atoms with Crippen LogP contribution in [0.15, 0.2) is 121 Å². The number of aliphatic hydroxyl groups is 2. The second-order valence-electron chi connectivity index (χ2n) is 15.2. The fourth-order valence-corrected chi connectivity index (χ4v) is 7.75. The molecule has 0 saturated carbocycles. The van der Waals surface area contributed by atoms with Gasteiger partial charge in [-0.25, -0.2) is 9.59 Å². The number of hydrogen-bond donors (Lipinski definition) is 2. The molecule has 4 aromatic carbocycles. The molecule has 0 bridgehead atoms. The van der Waals surface area contributed by atoms with E-state index in [1.807, 2.05) is 187 Å². The monoisotopic (exact) mass is 736 g/mol. The Hall–Kier alpha value is -4.34. The molecule has 0 saturated heterocycles. The molecule has 2 N–H and O–H groups in total. The summed E-state index contributed by atoms with van der Waals surface area (Å²) in [4.78, 5) is 31.6. The van der Waals surface area contributed by atoms with Crippen molar-refractivity contribution in [3.63, 3.8) is 0 Å². The van der Waals surface area contributed by atoms with Gasteiger partial charge in [-0.3, -0.25) is 9.80 Å². The van der Waals surface area contributed by atoms with E-state index in [2.05, 4.69) is 0 Å². The zero-order chi connectivity index (χ0) is 39.4. The summed E-state index contributed by atoms with van der Waals surface area (Å²) in [5.74, 6) is -2.87. The van der Waals surface area contributed by atoms with Crippen LogP contribution in [-0.2, 0) is 19.1 Å². The molecule has 0 aliphatic heterocycles. The van der Waals surface area contributed by atoms with Gasteiger partial charge in [0.15, 0.2) is 12.5 Å². The van der Waals surface area contributed by atoms with E-state index >= 15 is 0 Å². The van der Waals surface area contributed by atoms with Gasteiger partial charge in [-0.05, 0) is 90.5 Å². The molecule has 0 aromatic heterocycles. The molecule has 8 heteroatoms. The molecule has 0 aliphatic carbocycles. The van der Waals surface area contributed by atoms with Gasteiger partial charge >= 0.3 is 11.9 Å². The Bertz CT molecular complexity index is 1460. The highest BCUT2D eigenvalue weighted by molar-refractivity contribution is 6.29. The second kappa shape index (κ2) is 20.4. The smallest absolute Gasteiger partial charge is 0.419 e. The summed E-state index contributed by atoms with van der Waals surface area (Å²) in [6.07, 6.45) is -4.19. The molecule has 0 aliphatic rings. The van der Waals surface area contributed by atoms with Crippen molar-refractivity contribution >= 4 is 11.9 Å². The van der Waals surface area contributed by atoms with E-state index in [0.717, 1.165) is 22.3 Å². The van der Waals surface area contributed by atoms with Gasteiger partial charge in [0, 0.05) is 36.0 Å². The molecular weight excluding hydrogens is 677 g/mol. The van der Waals surface area contributed by atoms with Crippen LogP contribution in [0.3, 0.4) is 0 Å². The number of nitrogens with zero attached hydrogens (tertiary/aromatic N) is 2. The van der Waals surface area contributed by atoms with Crippen molar-refractivity contribution in [2.45, 2.75) is 129 Å². The number of esters is 2. The van der Waals surface area contributed by atoms with Crippen molar-refractivity contribution in [3.8, 4) is 0 Å². The van der Waals surface area contributed by atoms with Crippen molar-refractivity contribution in [1.29, 1.82) is 0 Å². The van der Waals surface area contributed by atoms with Crippen molar-refractivity contribution in [3.05, 3.63) is 144 Å². The van der Waals surface area contributed by atoms with Crippen LogP contribution in [0.25, 0.3) is 0 Å². The topological polar surface area (TPSA) is 99.5 Å². The average Bonchev–Trinajstić information content (AvgIpc) is 3.16. The molecule has 0 heterocycles. The normalized spacial score (nSPS) is 14.3. The summed E-state index contributed by atoms with van der Waals surface area (Å²) in [6, 6.07) is 39.1. The highest BCUT2D eigenvalue weighted by atomic mass is 16.6. The van der Waals surface area contributed by atoms with E-state index in [1.54, 1.807) is 0 Å². The van der Waals surface area contributed by atoms with E-state index in [4.69, 9.17) is 9.47 Å². The van der Waals surface area contributed by atoms with E-state index in [1.165, 1.54) is 0 Å². The Morgan fingerprint density at radius 1 is 0.444 bits per heavy atom. The zero-order valence-electron chi connectivity index (χ0n) is 33.2. The van der Waals surface area contributed by atoms with Crippen LogP contribution in [0, 0.1) is 0 Å². The fraction of sp³-hybridized carbons (Fsp3) is 0.435. The average molecular weight is 737 g/mol. The highest BCUT2D eigenvalue weighted by Gasteiger charge is 2.40. The Balaban J connectivity index is 1.64. The maximum absolute atomic E-state index is 13.9. The number of ether oxygens (including phenoxy) is 2. The standard InChI is InChI=1S/C46H60N2O6/c1-31(2)47(32(3)4)43(41(49)29-39(35-21-13-9-14-22-35)36-23-15-10-16-24-36)53-45(51)46(52)54-44(48(33(5)6)34(7)8)42(50)30-40(37-25-17-11-18-26-37)38-27-19-12-20-28-38/h9-28,31-34,39-44,49-50H,29-30H2,1-8H3. The van der Waals surface area contributed by atoms with Crippen molar-refractivity contribution in [2.75, 3.05) is 0 Å². The Morgan fingerprint density at radius 3 is 0.870 bits per heavy atom. The number of rotatable bonds is 18. The summed E-state index contributed by atoms with van der Waals surface area (Å²) in [6.45, 7) is 15.7. The SMILES string of the molecule is CC(C)N(C(C)C)C(OC(=O)C(=O)OC(C(O)CC(c1ccccc1)c1ccccc1)N(C(C)C)C(C)C)C(O)CC(c1ccccc1)c1ccccc1. The summed E-state index contributed by atoms with van der Waals surface area (Å²) >= 11 is 0. The van der Waals surface area contributed by atoms with Gasteiger partial charge in [-0.15, -0.1) is 0 Å². The lowest BCUT2D eigenvalue weighted by atomic mass is 9.86. The maximum Gasteiger partial charge on any atom is 0.419 e. The van der Waals surface area contributed by atoms with E-state index in [9.17, 15) is 19.8 Å². The number of carbonyl (C=O) groups is 2. The number of aliphatic hydroxyl groups excluding tert-OH is 2. The fourth-order valence-electron chi connectivity index (χ4n) is 7.75. The summed E-state index contributed by atoms with van der Waals surface area (Å²) in [5.41, 5.74) is 4.04. The first kappa shape index (κ1) is 42.4. The summed E-state index contributed by atoms with van der Waals surface area (Å²) in [7, 11) is 0. The van der Waals surface area contributed by atoms with Gasteiger partial charge in [0.05, 0.1) is 0 Å². The van der Waals surface area contributed by atoms with Gasteiger partial charge in [0.2, 0.25) is 0 Å². The molecule has 54 heavy (non-hydrogen) atoms. The Labute approximate surface area is 322 Å². The molecule has 290 valence electrons. The minimum atomic E-state index is -1.23. The summed E-state index contributed by atoms with van der Waals surface area (Å²) in [5, 5.41) is 24.0. The third kappa shape index (κ3) is 11.3. The van der Waals surface area contributed by atoms with E-state index in [-0.39, 0.29) is 48.8 Å². The predicted octanol–water partition coefficient (Wildman–Crippen LogP) is 8.13. The molecule has 0 radical (unpaired) electrons. The van der Waals surface area contributed by atoms with Gasteiger partial charge in [0.25, 0.3) is 0 Å². The first-order valence-electron chi connectivity index (χ1n) is 19.3. The Kier molecular flexibility index (Phi) is 16.0. The largest absolute Gasteiger partial charge is 0.435 e. The van der Waals surface area contributed by atoms with Crippen LogP contribution in [0.4, 0.5) is 0 Å². The number of benzene rings is 4. The minimum Gasteiger partial charge on any atom is -0.435 e. The lowest BCUT2D eigenvalue weighted by Crippen LogP contribution is -2.55. The van der Waals surface area contributed by atoms with Crippen LogP contribution in [-0.4, -0.2) is 80.8 Å². The van der Waals surface area contributed by atoms with Crippen LogP contribution in [0.1, 0.15) is 102 Å². The molecule has 4 unspecified atom stereocenters. The van der Waals surface area contributed by atoms with Crippen molar-refractivity contribution < 1.29 is 29.3 Å². The summed E-state index contributed by atoms with van der Waals surface area (Å²) < 4.78 is 12.0. The first-order chi connectivity index (χ1) is 25.8. The third-order valence-electron chi connectivity index (χ3n) is 10.0. The maximum atomic E-state index is 13.9. The molecular formula is C46H60N2O6. The van der Waals surface area contributed by atoms with Gasteiger partial charge in [0.1, 0.15) is 12.2 Å². The molecule has 4 rings (SSSR count). The zero-order valence-corrected chi connectivity index (χ0v) is 33.2. The predicted molar refractivity (Wildman–Crippen MR) is 215 cm³/mol. The van der Waals surface area contributed by atoms with E-state index < -0.39 is 36.6 Å². The molecule has 8 nitrogen and oxygen atoms in total. The number of hydrogen-bond acceptors (Lipinski definition) is 8. The van der Waals surface area contributed by atoms with Gasteiger partial charge in [-0.1, -0.05) is 121 Å². The molecule has 4 aromatic rings. The van der Waals surface area contributed by atoms with E-state index in [0.29, 0.717) is 0 Å². The first-order valence-corrected chi connectivity index (χ1v) is 19.3. The molecule has 4 atom stereocenters. The van der Waals surface area contributed by atoms with Crippen LogP contribution >= 0.6 is 0 Å². The lowest BCUT2D eigenvalue weighted by molar-refractivity contribution is -0.203. The lowest BCUT2D eigenvalue weighted by Gasteiger charge is -2.41. The van der Waals surface area contributed by atoms with Crippen molar-refractivity contribution in [2.24, 2.45) is 0 Å². The van der Waals surface area contributed by atoms with Gasteiger partial charge < -0.3 is 19.7 Å². The molecule has 0 fully saturated rings. The Morgan fingerprint density at radius 2 is 0.667 bits per heavy atom. The van der Waals surface area contributed by atoms with Crippen molar-refractivity contribution in [1.82, 2.24) is 9.80 Å². The minimum absolute atomic E-state index is 0.139. The molecule has 0 spiro atoms. The van der Waals surface area contributed by atoms with Crippen LogP contribution in [0.5, 0.6) is 0 Å². The van der Waals surface area contributed by atoms with Crippen LogP contribution < -0.4 is 0 Å². The third-order valence-corrected chi connectivity index (χ3v) is 10.0. The highest BCUT2D eigenvalue weighted by Crippen LogP contribution is 2.33. The second-order valence-corrected chi connectivity index (χ2v) is 15.2.